The van der Waals surface area contributed by atoms with Gasteiger partial charge in [-0.2, -0.15) is 5.21 Å². The maximum absolute atomic E-state index is 13.7. The standard InChI is InChI=1S/C32H26N10O5/c1-15-25(27(44)26(15)43)35-19-4-2-3-16(11-19)14-34-31(46)23-13-24(42-10-9-21(28(33)45)30(42)36-23)32(47)37-22-8-6-17-12-18(5-7-20(17)22)29-38-40-41-39-29/h2-5,7,9-13,22,35H,6,8,14H2,1H3,(H2,33,45)(H,34,46)(H,37,47)(H,38,39,40,41)/t22-/m0/s1. The highest BCUT2D eigenvalue weighted by Crippen LogP contribution is 2.34. The summed E-state index contributed by atoms with van der Waals surface area (Å²) < 4.78 is 1.43. The summed E-state index contributed by atoms with van der Waals surface area (Å²) in [5.74, 6) is -1.34. The van der Waals surface area contributed by atoms with E-state index in [1.807, 2.05) is 18.2 Å². The zero-order valence-electron chi connectivity index (χ0n) is 24.8. The Kier molecular flexibility index (Phi) is 7.12. The molecular formula is C32H26N10O5. The monoisotopic (exact) mass is 630 g/mol. The number of fused-ring (bicyclic) bond motifs is 2. The second-order valence-electron chi connectivity index (χ2n) is 11.2. The Balaban J connectivity index is 1.12. The van der Waals surface area contributed by atoms with E-state index in [0.717, 1.165) is 23.1 Å². The Bertz CT molecular complexity index is 2300. The number of rotatable bonds is 9. The second kappa shape index (κ2) is 11.4. The lowest BCUT2D eigenvalue weighted by atomic mass is 10.0. The number of hydrogen-bond donors (Lipinski definition) is 5. The van der Waals surface area contributed by atoms with Crippen molar-refractivity contribution in [3.8, 4) is 11.4 Å². The van der Waals surface area contributed by atoms with E-state index < -0.39 is 28.6 Å². The van der Waals surface area contributed by atoms with Gasteiger partial charge in [0.25, 0.3) is 17.7 Å². The van der Waals surface area contributed by atoms with E-state index in [2.05, 4.69) is 41.6 Å². The van der Waals surface area contributed by atoms with Gasteiger partial charge in [0, 0.05) is 29.6 Å². The maximum Gasteiger partial charge on any atom is 0.270 e. The van der Waals surface area contributed by atoms with E-state index in [0.29, 0.717) is 29.1 Å². The van der Waals surface area contributed by atoms with Gasteiger partial charge < -0.3 is 21.7 Å². The summed E-state index contributed by atoms with van der Waals surface area (Å²) in [4.78, 5) is 67.1. The molecule has 3 aromatic carbocycles. The van der Waals surface area contributed by atoms with Crippen LogP contribution in [0.1, 0.15) is 66.1 Å². The Labute approximate surface area is 264 Å². The fourth-order valence-electron chi connectivity index (χ4n) is 5.82. The van der Waals surface area contributed by atoms with Crippen molar-refractivity contribution in [1.82, 2.24) is 40.6 Å². The van der Waals surface area contributed by atoms with Crippen molar-refractivity contribution in [3.05, 3.63) is 120 Å². The van der Waals surface area contributed by atoms with E-state index in [9.17, 15) is 24.0 Å². The van der Waals surface area contributed by atoms with E-state index in [4.69, 9.17) is 5.73 Å². The number of aryl methyl sites for hydroxylation is 1. The Morgan fingerprint density at radius 3 is 2.66 bits per heavy atom. The lowest BCUT2D eigenvalue weighted by molar-refractivity contribution is 0.0928. The van der Waals surface area contributed by atoms with Crippen LogP contribution in [-0.2, 0) is 13.0 Å². The van der Waals surface area contributed by atoms with Gasteiger partial charge in [0.1, 0.15) is 11.4 Å². The van der Waals surface area contributed by atoms with Gasteiger partial charge in [0.05, 0.1) is 17.3 Å². The first kappa shape index (κ1) is 29.2. The Morgan fingerprint density at radius 1 is 1.04 bits per heavy atom. The molecule has 1 aliphatic rings. The van der Waals surface area contributed by atoms with Crippen molar-refractivity contribution >= 4 is 34.7 Å². The summed E-state index contributed by atoms with van der Waals surface area (Å²) in [7, 11) is 0. The molecule has 0 fully saturated rings. The van der Waals surface area contributed by atoms with Gasteiger partial charge in [-0.25, -0.2) is 4.98 Å². The summed E-state index contributed by atoms with van der Waals surface area (Å²) in [5.41, 5.74) is 9.31. The van der Waals surface area contributed by atoms with Gasteiger partial charge >= 0.3 is 0 Å². The highest BCUT2D eigenvalue weighted by molar-refractivity contribution is 6.03. The molecule has 0 spiro atoms. The molecular weight excluding hydrogens is 604 g/mol. The number of primary amides is 1. The largest absolute Gasteiger partial charge is 0.365 e. The smallest absolute Gasteiger partial charge is 0.270 e. The first-order valence-corrected chi connectivity index (χ1v) is 14.6. The van der Waals surface area contributed by atoms with Gasteiger partial charge in [0.15, 0.2) is 5.65 Å². The quantitative estimate of drug-likeness (QED) is 0.145. The number of anilines is 2. The summed E-state index contributed by atoms with van der Waals surface area (Å²) in [6.45, 7) is 1.66. The number of aromatic amines is 1. The summed E-state index contributed by atoms with van der Waals surface area (Å²) in [6, 6.07) is 15.3. The van der Waals surface area contributed by atoms with Crippen LogP contribution < -0.4 is 32.5 Å². The molecule has 3 aromatic heterocycles. The van der Waals surface area contributed by atoms with Crippen molar-refractivity contribution in [3.63, 3.8) is 0 Å². The normalized spacial score (nSPS) is 13.9. The van der Waals surface area contributed by atoms with Crippen molar-refractivity contribution in [2.24, 2.45) is 5.73 Å². The molecule has 1 aliphatic carbocycles. The SMILES string of the molecule is Cc1c(Nc2cccc(CNC(=O)c3cc(C(=O)N[C@H]4CCc5cc(-c6nn[nH]n6)ccc54)n4ccc(C(N)=O)c4n3)c2)c(=O)c1=O. The van der Waals surface area contributed by atoms with Crippen LogP contribution in [0.5, 0.6) is 0 Å². The predicted octanol–water partition coefficient (Wildman–Crippen LogP) is 1.61. The van der Waals surface area contributed by atoms with E-state index in [1.165, 1.54) is 22.7 Å². The number of nitrogens with two attached hydrogens (primary N) is 1. The minimum atomic E-state index is -0.757. The third-order valence-electron chi connectivity index (χ3n) is 8.28. The van der Waals surface area contributed by atoms with Crippen LogP contribution in [0.4, 0.5) is 11.4 Å². The first-order valence-electron chi connectivity index (χ1n) is 14.6. The topological polar surface area (TPSA) is 219 Å². The van der Waals surface area contributed by atoms with Gasteiger partial charge in [-0.3, -0.25) is 28.4 Å². The number of carbonyl (C=O) groups is 3. The molecule has 0 saturated carbocycles. The number of tetrazole rings is 1. The van der Waals surface area contributed by atoms with Crippen LogP contribution in [0.25, 0.3) is 17.0 Å². The third kappa shape index (κ3) is 5.28. The molecule has 0 saturated heterocycles. The summed E-state index contributed by atoms with van der Waals surface area (Å²) in [5, 5.41) is 22.9. The molecule has 15 nitrogen and oxygen atoms in total. The van der Waals surface area contributed by atoms with Crippen molar-refractivity contribution in [2.45, 2.75) is 32.4 Å². The number of amides is 3. The minimum absolute atomic E-state index is 0.0568. The lowest BCUT2D eigenvalue weighted by Crippen LogP contribution is -2.36. The van der Waals surface area contributed by atoms with E-state index in [-0.39, 0.29) is 40.9 Å². The molecule has 234 valence electrons. The van der Waals surface area contributed by atoms with Crippen LogP contribution in [-0.4, -0.2) is 47.7 Å². The van der Waals surface area contributed by atoms with Gasteiger partial charge in [-0.1, -0.05) is 24.3 Å². The van der Waals surface area contributed by atoms with Crippen molar-refractivity contribution in [1.29, 1.82) is 0 Å². The van der Waals surface area contributed by atoms with Crippen LogP contribution >= 0.6 is 0 Å². The molecule has 3 amide bonds. The number of nitrogens with one attached hydrogen (secondary N) is 4. The predicted molar refractivity (Wildman–Crippen MR) is 169 cm³/mol. The number of aromatic nitrogens is 6. The Hall–Kier alpha value is -6.51. The zero-order valence-corrected chi connectivity index (χ0v) is 24.8. The van der Waals surface area contributed by atoms with E-state index in [1.54, 1.807) is 31.2 Å². The molecule has 6 N–H and O–H groups in total. The van der Waals surface area contributed by atoms with Crippen LogP contribution in [0.15, 0.2) is 70.4 Å². The number of nitrogens with zero attached hydrogens (tertiary/aromatic N) is 5. The molecule has 1 atom stereocenters. The van der Waals surface area contributed by atoms with Gasteiger partial charge in [-0.05, 0) is 72.0 Å². The lowest BCUT2D eigenvalue weighted by Gasteiger charge is -2.16. The van der Waals surface area contributed by atoms with Gasteiger partial charge in [-0.15, -0.1) is 10.2 Å². The fraction of sp³-hybridized carbons (Fsp3) is 0.156. The number of carbonyl (C=O) groups excluding carboxylic acids is 3. The summed E-state index contributed by atoms with van der Waals surface area (Å²) >= 11 is 0. The molecule has 0 unspecified atom stereocenters. The molecule has 0 radical (unpaired) electrons. The third-order valence-corrected chi connectivity index (χ3v) is 8.28. The molecule has 7 rings (SSSR count). The van der Waals surface area contributed by atoms with Crippen LogP contribution in [0.2, 0.25) is 0 Å². The molecule has 6 aromatic rings. The first-order chi connectivity index (χ1) is 22.7. The average Bonchev–Trinajstić information content (AvgIpc) is 3.86. The number of H-pyrrole nitrogens is 1. The number of benzene rings is 2. The molecule has 3 heterocycles. The number of hydrogen-bond acceptors (Lipinski definition) is 10. The highest BCUT2D eigenvalue weighted by Gasteiger charge is 2.27. The van der Waals surface area contributed by atoms with Crippen LogP contribution in [0, 0.1) is 6.92 Å². The second-order valence-corrected chi connectivity index (χ2v) is 11.2. The maximum atomic E-state index is 13.7. The van der Waals surface area contributed by atoms with E-state index >= 15 is 0 Å². The molecule has 0 bridgehead atoms. The summed E-state index contributed by atoms with van der Waals surface area (Å²) in [6.07, 6.45) is 2.89. The van der Waals surface area contributed by atoms with Crippen molar-refractivity contribution in [2.75, 3.05) is 5.32 Å². The average molecular weight is 631 g/mol. The molecule has 15 heteroatoms. The fourth-order valence-corrected chi connectivity index (χ4v) is 5.82. The van der Waals surface area contributed by atoms with Crippen LogP contribution in [0.3, 0.4) is 0 Å². The van der Waals surface area contributed by atoms with Gasteiger partial charge in [0.2, 0.25) is 16.7 Å². The minimum Gasteiger partial charge on any atom is -0.365 e. The zero-order chi connectivity index (χ0) is 32.8. The Morgan fingerprint density at radius 2 is 1.89 bits per heavy atom. The van der Waals surface area contributed by atoms with Crippen molar-refractivity contribution < 1.29 is 14.4 Å². The molecule has 47 heavy (non-hydrogen) atoms. The molecule has 0 aliphatic heterocycles. The highest BCUT2D eigenvalue weighted by atomic mass is 16.2.